The van der Waals surface area contributed by atoms with E-state index in [0.29, 0.717) is 5.92 Å². The van der Waals surface area contributed by atoms with E-state index in [1.165, 1.54) is 17.5 Å². The molecular formula is C16H21NO2. The Balaban J connectivity index is 1.82. The molecule has 1 N–H and O–H groups in total. The Morgan fingerprint density at radius 3 is 2.84 bits per heavy atom. The minimum atomic E-state index is -0.677. The monoisotopic (exact) mass is 259 g/mol. The van der Waals surface area contributed by atoms with Gasteiger partial charge in [-0.05, 0) is 49.9 Å². The van der Waals surface area contributed by atoms with Crippen LogP contribution in [0.1, 0.15) is 42.7 Å². The van der Waals surface area contributed by atoms with Crippen molar-refractivity contribution in [1.82, 2.24) is 4.90 Å². The molecule has 0 spiro atoms. The summed E-state index contributed by atoms with van der Waals surface area (Å²) < 4.78 is 0. The van der Waals surface area contributed by atoms with Gasteiger partial charge in [-0.1, -0.05) is 24.3 Å². The number of benzene rings is 1. The molecule has 2 fully saturated rings. The minimum Gasteiger partial charge on any atom is -0.481 e. The number of likely N-dealkylation sites (tertiary alicyclic amines) is 1. The van der Waals surface area contributed by atoms with Crippen molar-refractivity contribution in [3.63, 3.8) is 0 Å². The number of likely N-dealkylation sites (N-methyl/N-ethyl adjacent to an activating group) is 1. The lowest BCUT2D eigenvalue weighted by Gasteiger charge is -2.17. The minimum absolute atomic E-state index is 0.0631. The lowest BCUT2D eigenvalue weighted by atomic mass is 9.88. The molecule has 0 amide bonds. The Morgan fingerprint density at radius 2 is 2.26 bits per heavy atom. The van der Waals surface area contributed by atoms with Crippen molar-refractivity contribution < 1.29 is 9.90 Å². The van der Waals surface area contributed by atoms with Gasteiger partial charge in [0.2, 0.25) is 0 Å². The highest BCUT2D eigenvalue weighted by atomic mass is 16.4. The van der Waals surface area contributed by atoms with Gasteiger partial charge < -0.3 is 10.0 Å². The second-order valence-electron chi connectivity index (χ2n) is 6.22. The number of aliphatic carboxylic acids is 1. The highest BCUT2D eigenvalue weighted by Gasteiger charge is 2.46. The Kier molecular flexibility index (Phi) is 3.09. The molecule has 1 unspecified atom stereocenters. The molecule has 3 rings (SSSR count). The molecule has 1 aromatic rings. The number of hydrogen-bond acceptors (Lipinski definition) is 2. The number of carboxylic acid groups (broad SMARTS) is 1. The maximum atomic E-state index is 11.0. The summed E-state index contributed by atoms with van der Waals surface area (Å²) in [5.41, 5.74) is 2.56. The first-order valence-corrected chi connectivity index (χ1v) is 7.10. The summed E-state index contributed by atoms with van der Waals surface area (Å²) in [6.07, 6.45) is 3.54. The van der Waals surface area contributed by atoms with Crippen molar-refractivity contribution in [2.75, 3.05) is 20.1 Å². The first-order valence-electron chi connectivity index (χ1n) is 7.10. The van der Waals surface area contributed by atoms with Crippen LogP contribution in [0.25, 0.3) is 0 Å². The Hall–Kier alpha value is -1.35. The maximum Gasteiger partial charge on any atom is 0.304 e. The van der Waals surface area contributed by atoms with E-state index in [0.717, 1.165) is 25.9 Å². The van der Waals surface area contributed by atoms with Crippen LogP contribution < -0.4 is 0 Å². The Morgan fingerprint density at radius 1 is 1.47 bits per heavy atom. The predicted molar refractivity (Wildman–Crippen MR) is 74.5 cm³/mol. The van der Waals surface area contributed by atoms with Crippen LogP contribution in [0.3, 0.4) is 0 Å². The predicted octanol–water partition coefficient (Wildman–Crippen LogP) is 2.61. The smallest absolute Gasteiger partial charge is 0.304 e. The quantitative estimate of drug-likeness (QED) is 0.903. The zero-order valence-corrected chi connectivity index (χ0v) is 11.4. The lowest BCUT2D eigenvalue weighted by molar-refractivity contribution is -0.137. The van der Waals surface area contributed by atoms with Crippen LogP contribution in [-0.2, 0) is 10.2 Å². The van der Waals surface area contributed by atoms with Crippen molar-refractivity contribution in [3.05, 3.63) is 35.4 Å². The second kappa shape index (κ2) is 4.64. The highest BCUT2D eigenvalue weighted by Crippen LogP contribution is 2.51. The van der Waals surface area contributed by atoms with E-state index < -0.39 is 5.97 Å². The normalized spacial score (nSPS) is 25.4. The number of rotatable bonds is 4. The molecule has 1 saturated carbocycles. The van der Waals surface area contributed by atoms with E-state index in [1.54, 1.807) is 0 Å². The summed E-state index contributed by atoms with van der Waals surface area (Å²) in [4.78, 5) is 13.4. The third kappa shape index (κ3) is 2.52. The van der Waals surface area contributed by atoms with E-state index in [9.17, 15) is 4.79 Å². The molecule has 1 aliphatic heterocycles. The largest absolute Gasteiger partial charge is 0.481 e. The molecule has 1 saturated heterocycles. The molecule has 0 aromatic heterocycles. The van der Waals surface area contributed by atoms with Crippen molar-refractivity contribution in [1.29, 1.82) is 0 Å². The molecule has 1 atom stereocenters. The standard InChI is InChI=1S/C16H21NO2/c1-17-8-5-13(11-17)12-3-2-4-14(9-12)16(6-7-16)10-15(18)19/h2-4,9,13H,5-8,10-11H2,1H3,(H,18,19). The molecule has 0 radical (unpaired) electrons. The molecule has 0 bridgehead atoms. The molecule has 3 nitrogen and oxygen atoms in total. The van der Waals surface area contributed by atoms with Gasteiger partial charge in [-0.3, -0.25) is 4.79 Å². The van der Waals surface area contributed by atoms with Crippen molar-refractivity contribution in [2.45, 2.75) is 37.0 Å². The molecular weight excluding hydrogens is 238 g/mol. The van der Waals surface area contributed by atoms with Crippen LogP contribution in [0.4, 0.5) is 0 Å². The van der Waals surface area contributed by atoms with Crippen molar-refractivity contribution in [3.8, 4) is 0 Å². The molecule has 1 heterocycles. The SMILES string of the molecule is CN1CCC(c2cccc(C3(CC(=O)O)CC3)c2)C1. The Bertz CT molecular complexity index is 493. The van der Waals surface area contributed by atoms with Crippen LogP contribution in [0, 0.1) is 0 Å². The average molecular weight is 259 g/mol. The lowest BCUT2D eigenvalue weighted by Crippen LogP contribution is -2.15. The number of carboxylic acids is 1. The average Bonchev–Trinajstić information content (AvgIpc) is 3.02. The number of carbonyl (C=O) groups is 1. The molecule has 1 aromatic carbocycles. The van der Waals surface area contributed by atoms with Gasteiger partial charge in [-0.25, -0.2) is 0 Å². The third-order valence-corrected chi connectivity index (χ3v) is 4.70. The molecule has 1 aliphatic carbocycles. The van der Waals surface area contributed by atoms with Gasteiger partial charge in [0.15, 0.2) is 0 Å². The van der Waals surface area contributed by atoms with Crippen LogP contribution >= 0.6 is 0 Å². The maximum absolute atomic E-state index is 11.0. The molecule has 19 heavy (non-hydrogen) atoms. The van der Waals surface area contributed by atoms with Crippen LogP contribution in [-0.4, -0.2) is 36.1 Å². The van der Waals surface area contributed by atoms with Gasteiger partial charge in [0, 0.05) is 12.0 Å². The fourth-order valence-electron chi connectivity index (χ4n) is 3.34. The van der Waals surface area contributed by atoms with Crippen LogP contribution in [0.2, 0.25) is 0 Å². The van der Waals surface area contributed by atoms with Gasteiger partial charge in [-0.15, -0.1) is 0 Å². The fraction of sp³-hybridized carbons (Fsp3) is 0.562. The zero-order valence-electron chi connectivity index (χ0n) is 11.4. The summed E-state index contributed by atoms with van der Waals surface area (Å²) in [5, 5.41) is 9.06. The second-order valence-corrected chi connectivity index (χ2v) is 6.22. The summed E-state index contributed by atoms with van der Waals surface area (Å²) >= 11 is 0. The van der Waals surface area contributed by atoms with Crippen molar-refractivity contribution in [2.24, 2.45) is 0 Å². The zero-order chi connectivity index (χ0) is 13.5. The molecule has 2 aliphatic rings. The van der Waals surface area contributed by atoms with Gasteiger partial charge in [-0.2, -0.15) is 0 Å². The van der Waals surface area contributed by atoms with Gasteiger partial charge in [0.05, 0.1) is 6.42 Å². The first kappa shape index (κ1) is 12.7. The number of hydrogen-bond donors (Lipinski definition) is 1. The van der Waals surface area contributed by atoms with Crippen LogP contribution in [0.5, 0.6) is 0 Å². The van der Waals surface area contributed by atoms with E-state index in [1.807, 2.05) is 0 Å². The topological polar surface area (TPSA) is 40.5 Å². The van der Waals surface area contributed by atoms with Gasteiger partial charge in [0.1, 0.15) is 0 Å². The molecule has 3 heteroatoms. The van der Waals surface area contributed by atoms with E-state index >= 15 is 0 Å². The summed E-state index contributed by atoms with van der Waals surface area (Å²) in [6.45, 7) is 2.28. The van der Waals surface area contributed by atoms with E-state index in [2.05, 4.69) is 36.2 Å². The van der Waals surface area contributed by atoms with Crippen LogP contribution in [0.15, 0.2) is 24.3 Å². The highest BCUT2D eigenvalue weighted by molar-refractivity contribution is 5.70. The third-order valence-electron chi connectivity index (χ3n) is 4.70. The van der Waals surface area contributed by atoms with Gasteiger partial charge >= 0.3 is 5.97 Å². The summed E-state index contributed by atoms with van der Waals surface area (Å²) in [6, 6.07) is 8.67. The first-order chi connectivity index (χ1) is 9.09. The molecule has 102 valence electrons. The van der Waals surface area contributed by atoms with Gasteiger partial charge in [0.25, 0.3) is 0 Å². The summed E-state index contributed by atoms with van der Waals surface area (Å²) in [5.74, 6) is -0.0610. The van der Waals surface area contributed by atoms with Crippen molar-refractivity contribution >= 4 is 5.97 Å². The van der Waals surface area contributed by atoms with E-state index in [-0.39, 0.29) is 11.8 Å². The number of nitrogens with zero attached hydrogens (tertiary/aromatic N) is 1. The fourth-order valence-corrected chi connectivity index (χ4v) is 3.34. The Labute approximate surface area is 114 Å². The van der Waals surface area contributed by atoms with E-state index in [4.69, 9.17) is 5.11 Å². The summed E-state index contributed by atoms with van der Waals surface area (Å²) in [7, 11) is 2.16.